The van der Waals surface area contributed by atoms with Crippen LogP contribution in [0.25, 0.3) is 6.08 Å². The van der Waals surface area contributed by atoms with Gasteiger partial charge >= 0.3 is 0 Å². The van der Waals surface area contributed by atoms with Gasteiger partial charge in [0.05, 0.1) is 0 Å². The highest BCUT2D eigenvalue weighted by molar-refractivity contribution is 6.06. The number of hydrogen-bond acceptors (Lipinski definition) is 1. The Morgan fingerprint density at radius 2 is 1.94 bits per heavy atom. The Bertz CT molecular complexity index is 432. The molecule has 0 atom stereocenters. The van der Waals surface area contributed by atoms with E-state index >= 15 is 0 Å². The lowest BCUT2D eigenvalue weighted by atomic mass is 10.1. The van der Waals surface area contributed by atoms with Gasteiger partial charge in [-0.05, 0) is 24.0 Å². The minimum absolute atomic E-state index is 0.116. The van der Waals surface area contributed by atoms with Gasteiger partial charge in [0.2, 0.25) is 5.78 Å². The third-order valence-electron chi connectivity index (χ3n) is 2.59. The Labute approximate surface area is 110 Å². The molecule has 0 spiro atoms. The fourth-order valence-corrected chi connectivity index (χ4v) is 1.57. The maximum absolute atomic E-state index is 11.4. The summed E-state index contributed by atoms with van der Waals surface area (Å²) in [6, 6.07) is 9.77. The summed E-state index contributed by atoms with van der Waals surface area (Å²) in [5, 5.41) is 0. The molecule has 0 fully saturated rings. The van der Waals surface area contributed by atoms with Crippen LogP contribution in [0, 0.1) is 11.8 Å². The zero-order chi connectivity index (χ0) is 13.1. The predicted molar refractivity (Wildman–Crippen MR) is 77.0 cm³/mol. The third-order valence-corrected chi connectivity index (χ3v) is 2.59. The molecule has 18 heavy (non-hydrogen) atoms. The maximum atomic E-state index is 11.4. The van der Waals surface area contributed by atoms with Gasteiger partial charge in [-0.3, -0.25) is 4.79 Å². The van der Waals surface area contributed by atoms with Crippen molar-refractivity contribution in [2.45, 2.75) is 39.0 Å². The van der Waals surface area contributed by atoms with Gasteiger partial charge in [0.15, 0.2) is 0 Å². The van der Waals surface area contributed by atoms with Crippen molar-refractivity contribution in [3.05, 3.63) is 42.0 Å². The van der Waals surface area contributed by atoms with E-state index < -0.39 is 0 Å². The van der Waals surface area contributed by atoms with Crippen LogP contribution in [0.5, 0.6) is 0 Å². The Balaban J connectivity index is 2.29. The number of allylic oxidation sites excluding steroid dienone is 1. The number of unbranched alkanes of at least 4 members (excludes halogenated alkanes) is 4. The van der Waals surface area contributed by atoms with E-state index in [9.17, 15) is 4.79 Å². The van der Waals surface area contributed by atoms with E-state index in [1.807, 2.05) is 30.3 Å². The van der Waals surface area contributed by atoms with E-state index in [-0.39, 0.29) is 5.78 Å². The number of rotatable bonds is 6. The van der Waals surface area contributed by atoms with Crippen LogP contribution >= 0.6 is 0 Å². The van der Waals surface area contributed by atoms with E-state index in [1.165, 1.54) is 25.3 Å². The largest absolute Gasteiger partial charge is 0.280 e. The molecule has 0 aromatic heterocycles. The van der Waals surface area contributed by atoms with E-state index in [0.29, 0.717) is 0 Å². The molecular formula is C17H20O. The summed E-state index contributed by atoms with van der Waals surface area (Å²) in [6.45, 7) is 2.18. The lowest BCUT2D eigenvalue weighted by Gasteiger charge is -1.91. The fourth-order valence-electron chi connectivity index (χ4n) is 1.57. The SMILES string of the molecule is CCCCCCC#CC(=O)C=Cc1ccccc1. The van der Waals surface area contributed by atoms with Crippen LogP contribution in [0.3, 0.4) is 0 Å². The smallest absolute Gasteiger partial charge is 0.228 e. The quantitative estimate of drug-likeness (QED) is 0.314. The minimum Gasteiger partial charge on any atom is -0.280 e. The van der Waals surface area contributed by atoms with Crippen LogP contribution in [0.2, 0.25) is 0 Å². The second-order valence-corrected chi connectivity index (χ2v) is 4.22. The fraction of sp³-hybridized carbons (Fsp3) is 0.353. The van der Waals surface area contributed by atoms with Gasteiger partial charge in [0, 0.05) is 6.42 Å². The topological polar surface area (TPSA) is 17.1 Å². The molecule has 0 aliphatic heterocycles. The first-order chi connectivity index (χ1) is 8.83. The minimum atomic E-state index is -0.116. The molecule has 1 rings (SSSR count). The lowest BCUT2D eigenvalue weighted by Crippen LogP contribution is -1.85. The molecule has 0 heterocycles. The van der Waals surface area contributed by atoms with Crippen LogP contribution in [0.1, 0.15) is 44.6 Å². The maximum Gasteiger partial charge on any atom is 0.228 e. The molecule has 0 aliphatic carbocycles. The first-order valence-corrected chi connectivity index (χ1v) is 6.59. The van der Waals surface area contributed by atoms with Gasteiger partial charge < -0.3 is 0 Å². The van der Waals surface area contributed by atoms with Crippen molar-refractivity contribution in [1.82, 2.24) is 0 Å². The summed E-state index contributed by atoms with van der Waals surface area (Å²) in [7, 11) is 0. The normalized spacial score (nSPS) is 10.1. The van der Waals surface area contributed by atoms with Crippen LogP contribution in [-0.2, 0) is 4.79 Å². The predicted octanol–water partition coefficient (Wildman–Crippen LogP) is 4.24. The summed E-state index contributed by atoms with van der Waals surface area (Å²) < 4.78 is 0. The van der Waals surface area contributed by atoms with Crippen molar-refractivity contribution >= 4 is 11.9 Å². The van der Waals surface area contributed by atoms with Crippen LogP contribution in [0.15, 0.2) is 36.4 Å². The second-order valence-electron chi connectivity index (χ2n) is 4.22. The first-order valence-electron chi connectivity index (χ1n) is 6.59. The van der Waals surface area contributed by atoms with Crippen molar-refractivity contribution in [2.24, 2.45) is 0 Å². The Morgan fingerprint density at radius 1 is 1.17 bits per heavy atom. The van der Waals surface area contributed by atoms with Crippen molar-refractivity contribution < 1.29 is 4.79 Å². The summed E-state index contributed by atoms with van der Waals surface area (Å²) in [6.07, 6.45) is 8.94. The molecule has 0 saturated heterocycles. The molecule has 1 aromatic carbocycles. The third kappa shape index (κ3) is 6.70. The van der Waals surface area contributed by atoms with Crippen LogP contribution < -0.4 is 0 Å². The van der Waals surface area contributed by atoms with Crippen molar-refractivity contribution in [3.63, 3.8) is 0 Å². The van der Waals surface area contributed by atoms with Gasteiger partial charge in [-0.15, -0.1) is 0 Å². The Hall–Kier alpha value is -1.81. The highest BCUT2D eigenvalue weighted by atomic mass is 16.1. The summed E-state index contributed by atoms with van der Waals surface area (Å²) >= 11 is 0. The number of carbonyl (C=O) groups is 1. The number of ketones is 1. The van der Waals surface area contributed by atoms with Crippen LogP contribution in [0.4, 0.5) is 0 Å². The van der Waals surface area contributed by atoms with Gasteiger partial charge in [0.25, 0.3) is 0 Å². The Kier molecular flexibility index (Phi) is 7.32. The van der Waals surface area contributed by atoms with Gasteiger partial charge in [-0.2, -0.15) is 0 Å². The summed E-state index contributed by atoms with van der Waals surface area (Å²) in [5.74, 6) is 5.47. The molecule has 0 aliphatic rings. The highest BCUT2D eigenvalue weighted by Crippen LogP contribution is 2.02. The standard InChI is InChI=1S/C17H20O/c1-2-3-4-5-6-10-13-17(18)15-14-16-11-8-7-9-12-16/h7-9,11-12,14-15H,2-6H2,1H3. The van der Waals surface area contributed by atoms with Crippen LogP contribution in [-0.4, -0.2) is 5.78 Å². The molecule has 0 N–H and O–H groups in total. The van der Waals surface area contributed by atoms with Gasteiger partial charge in [0.1, 0.15) is 0 Å². The molecule has 0 bridgehead atoms. The zero-order valence-corrected chi connectivity index (χ0v) is 11.0. The number of hydrogen-bond donors (Lipinski definition) is 0. The van der Waals surface area contributed by atoms with E-state index in [4.69, 9.17) is 0 Å². The second kappa shape index (κ2) is 9.24. The average Bonchev–Trinajstić information content (AvgIpc) is 2.41. The van der Waals surface area contributed by atoms with E-state index in [2.05, 4.69) is 18.8 Å². The molecular weight excluding hydrogens is 220 g/mol. The lowest BCUT2D eigenvalue weighted by molar-refractivity contribution is -0.109. The van der Waals surface area contributed by atoms with E-state index in [0.717, 1.165) is 18.4 Å². The summed E-state index contributed by atoms with van der Waals surface area (Å²) in [4.78, 5) is 11.4. The summed E-state index contributed by atoms with van der Waals surface area (Å²) in [5.41, 5.74) is 1.02. The number of carbonyl (C=O) groups excluding carboxylic acids is 1. The molecule has 0 radical (unpaired) electrons. The monoisotopic (exact) mass is 240 g/mol. The number of benzene rings is 1. The Morgan fingerprint density at radius 3 is 2.67 bits per heavy atom. The zero-order valence-electron chi connectivity index (χ0n) is 11.0. The molecule has 1 aromatic rings. The highest BCUT2D eigenvalue weighted by Gasteiger charge is 1.89. The van der Waals surface area contributed by atoms with Crippen molar-refractivity contribution in [1.29, 1.82) is 0 Å². The van der Waals surface area contributed by atoms with E-state index in [1.54, 1.807) is 6.08 Å². The molecule has 0 saturated carbocycles. The van der Waals surface area contributed by atoms with Gasteiger partial charge in [-0.1, -0.05) is 68.5 Å². The molecule has 0 unspecified atom stereocenters. The van der Waals surface area contributed by atoms with Crippen molar-refractivity contribution in [2.75, 3.05) is 0 Å². The van der Waals surface area contributed by atoms with Crippen molar-refractivity contribution in [3.8, 4) is 11.8 Å². The molecule has 1 heteroatoms. The molecule has 0 amide bonds. The molecule has 1 nitrogen and oxygen atoms in total. The average molecular weight is 240 g/mol. The molecule has 94 valence electrons. The van der Waals surface area contributed by atoms with Gasteiger partial charge in [-0.25, -0.2) is 0 Å². The first kappa shape index (κ1) is 14.3.